The number of nitrogens with two attached hydrogens (primary N) is 1. The molecule has 1 fully saturated rings. The second-order valence-corrected chi connectivity index (χ2v) is 9.80. The molecule has 188 valence electrons. The van der Waals surface area contributed by atoms with Gasteiger partial charge >= 0.3 is 15.6 Å². The molecule has 2 aromatic carbocycles. The molecule has 13 heteroatoms. The van der Waals surface area contributed by atoms with Crippen molar-refractivity contribution in [2.75, 3.05) is 26.3 Å². The smallest absolute Gasteiger partial charge is 0.453 e. The van der Waals surface area contributed by atoms with E-state index < -0.39 is 39.0 Å². The zero-order valence-corrected chi connectivity index (χ0v) is 18.8. The van der Waals surface area contributed by atoms with Crippen LogP contribution >= 0.6 is 0 Å². The second-order valence-electron chi connectivity index (χ2n) is 8.26. The van der Waals surface area contributed by atoms with E-state index in [4.69, 9.17) is 19.9 Å². The molecule has 1 saturated heterocycles. The van der Waals surface area contributed by atoms with Crippen LogP contribution < -0.4 is 20.0 Å². The summed E-state index contributed by atoms with van der Waals surface area (Å²) in [4.78, 5) is 0. The van der Waals surface area contributed by atoms with Gasteiger partial charge in [0.25, 0.3) is 0 Å². The van der Waals surface area contributed by atoms with E-state index >= 15 is 4.39 Å². The number of morpholine rings is 1. The van der Waals surface area contributed by atoms with E-state index in [-0.39, 0.29) is 42.3 Å². The van der Waals surface area contributed by atoms with Crippen LogP contribution in [0.5, 0.6) is 17.2 Å². The Morgan fingerprint density at radius 3 is 2.66 bits per heavy atom. The fourth-order valence-electron chi connectivity index (χ4n) is 4.39. The fraction of sp³-hybridized carbons (Fsp3) is 0.364. The van der Waals surface area contributed by atoms with Gasteiger partial charge in [-0.05, 0) is 47.9 Å². The predicted molar refractivity (Wildman–Crippen MR) is 115 cm³/mol. The number of hydrogen-bond donors (Lipinski definition) is 2. The van der Waals surface area contributed by atoms with Crippen molar-refractivity contribution >= 4 is 15.7 Å². The van der Waals surface area contributed by atoms with Crippen LogP contribution in [0.4, 0.5) is 17.6 Å². The Hall–Kier alpha value is -2.71. The molecule has 0 amide bonds. The highest BCUT2D eigenvalue weighted by atomic mass is 32.2. The molecule has 35 heavy (non-hydrogen) atoms. The Morgan fingerprint density at radius 1 is 1.17 bits per heavy atom. The first-order valence-corrected chi connectivity index (χ1v) is 12.0. The van der Waals surface area contributed by atoms with Gasteiger partial charge in [0.2, 0.25) is 0 Å². The van der Waals surface area contributed by atoms with Gasteiger partial charge < -0.3 is 29.4 Å². The number of halogens is 4. The highest BCUT2D eigenvalue weighted by molar-refractivity contribution is 7.88. The number of ether oxygens (including phenoxy) is 3. The summed E-state index contributed by atoms with van der Waals surface area (Å²) in [6, 6.07) is 6.20. The van der Waals surface area contributed by atoms with Crippen molar-refractivity contribution < 1.29 is 44.4 Å². The van der Waals surface area contributed by atoms with Gasteiger partial charge in [-0.3, -0.25) is 0 Å². The standard InChI is InChI=1S/C22H20F4N2O6S/c23-17-7-13(12-2-1-5-31-10-12)6-16-20(17)32-18-4-3-14(34-35(29,30)22(24,25)26)8-15(18)21(16)11-28-9-19(27)33-21/h2-4,6-8,19,28H,1,5,9-11,27H2/t19-,21?/m0/s1. The van der Waals surface area contributed by atoms with Gasteiger partial charge in [0.05, 0.1) is 13.2 Å². The number of rotatable bonds is 3. The molecule has 5 rings (SSSR count). The predicted octanol–water partition coefficient (Wildman–Crippen LogP) is 3.11. The molecule has 3 aliphatic rings. The third-order valence-electron chi connectivity index (χ3n) is 5.92. The molecule has 0 bridgehead atoms. The average molecular weight is 516 g/mol. The quantitative estimate of drug-likeness (QED) is 0.364. The van der Waals surface area contributed by atoms with Crippen molar-refractivity contribution in [2.24, 2.45) is 5.73 Å². The summed E-state index contributed by atoms with van der Waals surface area (Å²) >= 11 is 0. The van der Waals surface area contributed by atoms with Crippen molar-refractivity contribution in [1.82, 2.24) is 5.32 Å². The molecule has 2 atom stereocenters. The number of alkyl halides is 3. The Morgan fingerprint density at radius 2 is 1.97 bits per heavy atom. The lowest BCUT2D eigenvalue weighted by Gasteiger charge is -2.45. The molecule has 3 N–H and O–H groups in total. The largest absolute Gasteiger partial charge is 0.534 e. The first-order valence-electron chi connectivity index (χ1n) is 10.6. The van der Waals surface area contributed by atoms with E-state index in [9.17, 15) is 21.6 Å². The maximum absolute atomic E-state index is 15.3. The maximum atomic E-state index is 15.3. The van der Waals surface area contributed by atoms with E-state index in [1.54, 1.807) is 6.07 Å². The zero-order valence-electron chi connectivity index (χ0n) is 18.0. The lowest BCUT2D eigenvalue weighted by atomic mass is 9.80. The van der Waals surface area contributed by atoms with Crippen LogP contribution in [0, 0.1) is 5.82 Å². The summed E-state index contributed by atoms with van der Waals surface area (Å²) in [5.74, 6) is -1.38. The van der Waals surface area contributed by atoms with Crippen LogP contribution in [0.1, 0.15) is 23.1 Å². The highest BCUT2D eigenvalue weighted by Crippen LogP contribution is 2.52. The minimum atomic E-state index is -5.92. The van der Waals surface area contributed by atoms with Crippen molar-refractivity contribution in [2.45, 2.75) is 23.8 Å². The summed E-state index contributed by atoms with van der Waals surface area (Å²) < 4.78 is 98.7. The molecule has 1 unspecified atom stereocenters. The molecule has 3 heterocycles. The lowest BCUT2D eigenvalue weighted by Crippen LogP contribution is -2.56. The zero-order chi connectivity index (χ0) is 25.0. The number of nitrogens with one attached hydrogen (secondary N) is 1. The number of benzene rings is 2. The van der Waals surface area contributed by atoms with Gasteiger partial charge in [-0.25, -0.2) is 4.39 Å². The molecule has 2 aromatic rings. The Balaban J connectivity index is 1.66. The van der Waals surface area contributed by atoms with Crippen molar-refractivity contribution in [1.29, 1.82) is 0 Å². The van der Waals surface area contributed by atoms with Gasteiger partial charge in [-0.15, -0.1) is 0 Å². The first-order chi connectivity index (χ1) is 16.5. The number of hydrogen-bond acceptors (Lipinski definition) is 8. The summed E-state index contributed by atoms with van der Waals surface area (Å²) in [5.41, 5.74) is 0.556. The van der Waals surface area contributed by atoms with Crippen LogP contribution in [0.2, 0.25) is 0 Å². The molecule has 8 nitrogen and oxygen atoms in total. The summed E-state index contributed by atoms with van der Waals surface area (Å²) in [6.07, 6.45) is 1.71. The van der Waals surface area contributed by atoms with Gasteiger partial charge in [0.1, 0.15) is 23.3 Å². The minimum Gasteiger partial charge on any atom is -0.453 e. The van der Waals surface area contributed by atoms with E-state index in [1.165, 1.54) is 12.1 Å². The second kappa shape index (κ2) is 8.45. The number of fused-ring (bicyclic) bond motifs is 4. The third kappa shape index (κ3) is 4.16. The molecular formula is C22H20F4N2O6S. The summed E-state index contributed by atoms with van der Waals surface area (Å²) in [5, 5.41) is 3.08. The van der Waals surface area contributed by atoms with Crippen molar-refractivity contribution in [3.05, 3.63) is 58.9 Å². The van der Waals surface area contributed by atoms with Gasteiger partial charge in [-0.2, -0.15) is 21.6 Å². The molecule has 3 aliphatic heterocycles. The first kappa shape index (κ1) is 24.0. The fourth-order valence-corrected chi connectivity index (χ4v) is 4.84. The molecular weight excluding hydrogens is 496 g/mol. The van der Waals surface area contributed by atoms with Crippen LogP contribution in [0.15, 0.2) is 36.4 Å². The average Bonchev–Trinajstić information content (AvgIpc) is 2.80. The highest BCUT2D eigenvalue weighted by Gasteiger charge is 2.50. The van der Waals surface area contributed by atoms with Crippen LogP contribution in [-0.2, 0) is 25.2 Å². The summed E-state index contributed by atoms with van der Waals surface area (Å²) in [7, 11) is -5.92. The Bertz CT molecular complexity index is 1310. The van der Waals surface area contributed by atoms with E-state index in [1.807, 2.05) is 6.08 Å². The molecule has 0 saturated carbocycles. The Labute approximate surface area is 197 Å². The van der Waals surface area contributed by atoms with Crippen LogP contribution in [0.3, 0.4) is 0 Å². The van der Waals surface area contributed by atoms with Crippen LogP contribution in [-0.4, -0.2) is 46.5 Å². The molecule has 0 aliphatic carbocycles. The molecule has 1 spiro atoms. The van der Waals surface area contributed by atoms with Crippen LogP contribution in [0.25, 0.3) is 5.57 Å². The van der Waals surface area contributed by atoms with Crippen molar-refractivity contribution in [3.8, 4) is 17.2 Å². The maximum Gasteiger partial charge on any atom is 0.534 e. The van der Waals surface area contributed by atoms with Gasteiger partial charge in [0.15, 0.2) is 11.6 Å². The van der Waals surface area contributed by atoms with Gasteiger partial charge in [0, 0.05) is 24.2 Å². The monoisotopic (exact) mass is 516 g/mol. The molecule has 0 radical (unpaired) electrons. The Kier molecular flexibility index (Phi) is 5.79. The lowest BCUT2D eigenvalue weighted by molar-refractivity contribution is -0.0974. The van der Waals surface area contributed by atoms with Crippen molar-refractivity contribution in [3.63, 3.8) is 0 Å². The van der Waals surface area contributed by atoms with Gasteiger partial charge in [-0.1, -0.05) is 6.08 Å². The summed E-state index contributed by atoms with van der Waals surface area (Å²) in [6.45, 7) is 1.13. The topological polar surface area (TPSA) is 109 Å². The van der Waals surface area contributed by atoms with E-state index in [2.05, 4.69) is 9.50 Å². The minimum absolute atomic E-state index is 0.0528. The third-order valence-corrected chi connectivity index (χ3v) is 6.90. The normalized spacial score (nSPS) is 24.3. The SMILES string of the molecule is N[C@@H]1CNCC2(O1)c1cc(OS(=O)(=O)C(F)(F)F)ccc1Oc1c(F)cc(C3=CCCOC3)cc12. The molecule has 0 aromatic heterocycles. The van der Waals surface area contributed by atoms with E-state index in [0.717, 1.165) is 17.7 Å². The van der Waals surface area contributed by atoms with E-state index in [0.29, 0.717) is 18.6 Å².